The summed E-state index contributed by atoms with van der Waals surface area (Å²) in [6.45, 7) is 3.20. The van der Waals surface area contributed by atoms with Crippen molar-refractivity contribution >= 4 is 0 Å². The van der Waals surface area contributed by atoms with Gasteiger partial charge in [0.25, 0.3) is 0 Å². The van der Waals surface area contributed by atoms with E-state index >= 15 is 0 Å². The molecular weight excluding hydrogens is 221 g/mol. The summed E-state index contributed by atoms with van der Waals surface area (Å²) in [7, 11) is 1.49. The van der Waals surface area contributed by atoms with Crippen LogP contribution in [0.15, 0.2) is 12.4 Å². The lowest BCUT2D eigenvalue weighted by Gasteiger charge is -2.33. The molecule has 2 heterocycles. The zero-order valence-electron chi connectivity index (χ0n) is 10.2. The summed E-state index contributed by atoms with van der Waals surface area (Å²) in [5, 5.41) is 3.22. The molecule has 1 aliphatic heterocycles. The van der Waals surface area contributed by atoms with Gasteiger partial charge in [0.2, 0.25) is 5.88 Å². The third-order valence-corrected chi connectivity index (χ3v) is 3.38. The highest BCUT2D eigenvalue weighted by molar-refractivity contribution is 5.25. The summed E-state index contributed by atoms with van der Waals surface area (Å²) >= 11 is 0. The monoisotopic (exact) mass is 239 g/mol. The van der Waals surface area contributed by atoms with Gasteiger partial charge in [-0.05, 0) is 26.3 Å². The molecule has 0 bridgehead atoms. The van der Waals surface area contributed by atoms with Crippen molar-refractivity contribution < 1.29 is 9.13 Å². The Labute approximate surface area is 101 Å². The van der Waals surface area contributed by atoms with Gasteiger partial charge < -0.3 is 10.1 Å². The fraction of sp³-hybridized carbons (Fsp3) is 0.667. The van der Waals surface area contributed by atoms with E-state index in [0.29, 0.717) is 12.2 Å². The molecule has 94 valence electrons. The van der Waals surface area contributed by atoms with Crippen molar-refractivity contribution in [2.24, 2.45) is 5.92 Å². The zero-order chi connectivity index (χ0) is 12.3. The largest absolute Gasteiger partial charge is 0.480 e. The van der Waals surface area contributed by atoms with Gasteiger partial charge in [-0.1, -0.05) is 0 Å². The molecular formula is C12H18FN3O. The van der Waals surface area contributed by atoms with Gasteiger partial charge in [-0.2, -0.15) is 0 Å². The highest BCUT2D eigenvalue weighted by atomic mass is 19.1. The molecule has 1 N–H and O–H groups in total. The second kappa shape index (κ2) is 4.96. The van der Waals surface area contributed by atoms with Crippen LogP contribution in [0.3, 0.4) is 0 Å². The minimum absolute atomic E-state index is 0.0816. The van der Waals surface area contributed by atoms with Crippen molar-refractivity contribution in [3.05, 3.63) is 18.1 Å². The van der Waals surface area contributed by atoms with E-state index in [2.05, 4.69) is 15.3 Å². The Kier molecular flexibility index (Phi) is 3.57. The number of ether oxygens (including phenoxy) is 1. The highest BCUT2D eigenvalue weighted by Gasteiger charge is 2.40. The molecule has 5 heteroatoms. The molecule has 2 unspecified atom stereocenters. The Morgan fingerprint density at radius 1 is 1.47 bits per heavy atom. The Hall–Kier alpha value is -1.23. The van der Waals surface area contributed by atoms with E-state index in [4.69, 9.17) is 4.74 Å². The Morgan fingerprint density at radius 3 is 2.88 bits per heavy atom. The lowest BCUT2D eigenvalue weighted by atomic mass is 9.82. The van der Waals surface area contributed by atoms with E-state index in [1.807, 2.05) is 0 Å². The number of alkyl halides is 1. The van der Waals surface area contributed by atoms with Gasteiger partial charge in [-0.25, -0.2) is 9.37 Å². The highest BCUT2D eigenvalue weighted by Crippen LogP contribution is 2.39. The van der Waals surface area contributed by atoms with Gasteiger partial charge in [0.15, 0.2) is 5.67 Å². The summed E-state index contributed by atoms with van der Waals surface area (Å²) in [5.74, 6) is 0.199. The maximum atomic E-state index is 14.9. The number of methoxy groups -OCH3 is 1. The first-order valence-corrected chi connectivity index (χ1v) is 5.91. The second-order valence-electron chi connectivity index (χ2n) is 4.53. The van der Waals surface area contributed by atoms with E-state index in [1.54, 1.807) is 6.92 Å². The number of hydrogen-bond donors (Lipinski definition) is 1. The summed E-state index contributed by atoms with van der Waals surface area (Å²) in [5.41, 5.74) is -1.20. The summed E-state index contributed by atoms with van der Waals surface area (Å²) < 4.78 is 20.0. The number of nitrogens with one attached hydrogen (secondary N) is 1. The predicted molar refractivity (Wildman–Crippen MR) is 62.6 cm³/mol. The van der Waals surface area contributed by atoms with Gasteiger partial charge >= 0.3 is 0 Å². The summed E-state index contributed by atoms with van der Waals surface area (Å²) in [6, 6.07) is 0. The lowest BCUT2D eigenvalue weighted by molar-refractivity contribution is 0.0726. The third-order valence-electron chi connectivity index (χ3n) is 3.38. The van der Waals surface area contributed by atoms with Crippen LogP contribution in [-0.4, -0.2) is 30.2 Å². The summed E-state index contributed by atoms with van der Waals surface area (Å²) in [4.78, 5) is 8.12. The minimum Gasteiger partial charge on any atom is -0.480 e. The van der Waals surface area contributed by atoms with Crippen molar-refractivity contribution in [1.82, 2.24) is 15.3 Å². The lowest BCUT2D eigenvalue weighted by Crippen LogP contribution is -2.40. The molecule has 1 aliphatic rings. The smallest absolute Gasteiger partial charge is 0.238 e. The van der Waals surface area contributed by atoms with Gasteiger partial charge in [0.05, 0.1) is 7.11 Å². The molecule has 0 aromatic carbocycles. The molecule has 1 saturated heterocycles. The molecule has 2 atom stereocenters. The molecule has 0 aliphatic carbocycles. The maximum absolute atomic E-state index is 14.9. The van der Waals surface area contributed by atoms with Crippen LogP contribution < -0.4 is 10.1 Å². The van der Waals surface area contributed by atoms with E-state index in [0.717, 1.165) is 19.4 Å². The predicted octanol–water partition coefficient (Wildman–Crippen LogP) is 1.67. The Morgan fingerprint density at radius 2 is 2.24 bits per heavy atom. The van der Waals surface area contributed by atoms with Crippen molar-refractivity contribution in [2.75, 3.05) is 20.2 Å². The van der Waals surface area contributed by atoms with Crippen LogP contribution in [0.1, 0.15) is 25.5 Å². The first-order chi connectivity index (χ1) is 8.16. The van der Waals surface area contributed by atoms with Gasteiger partial charge in [0, 0.05) is 24.9 Å². The molecule has 0 spiro atoms. The quantitative estimate of drug-likeness (QED) is 0.871. The van der Waals surface area contributed by atoms with Crippen LogP contribution in [0.25, 0.3) is 0 Å². The molecule has 1 aromatic heterocycles. The number of rotatable bonds is 3. The number of piperidine rings is 1. The molecule has 0 amide bonds. The SMILES string of the molecule is COc1nccnc1C(C)(F)C1CCCNC1. The molecule has 4 nitrogen and oxygen atoms in total. The van der Waals surface area contributed by atoms with Crippen LogP contribution in [0, 0.1) is 5.92 Å². The van der Waals surface area contributed by atoms with Crippen LogP contribution in [-0.2, 0) is 5.67 Å². The van der Waals surface area contributed by atoms with Crippen molar-refractivity contribution in [2.45, 2.75) is 25.4 Å². The second-order valence-corrected chi connectivity index (χ2v) is 4.53. The Bertz CT molecular complexity index is 378. The first kappa shape index (κ1) is 12.2. The fourth-order valence-corrected chi connectivity index (χ4v) is 2.32. The average molecular weight is 239 g/mol. The standard InChI is InChI=1S/C12H18FN3O/c1-12(13,9-4-3-5-14-8-9)10-11(17-2)16-7-6-15-10/h6-7,9,14H,3-5,8H2,1-2H3. The zero-order valence-corrected chi connectivity index (χ0v) is 10.2. The molecule has 0 saturated carbocycles. The van der Waals surface area contributed by atoms with Crippen LogP contribution in [0.4, 0.5) is 4.39 Å². The van der Waals surface area contributed by atoms with Gasteiger partial charge in [0.1, 0.15) is 5.69 Å². The van der Waals surface area contributed by atoms with E-state index in [9.17, 15) is 4.39 Å². The van der Waals surface area contributed by atoms with Crippen LogP contribution in [0.5, 0.6) is 5.88 Å². The number of hydrogen-bond acceptors (Lipinski definition) is 4. The van der Waals surface area contributed by atoms with E-state index < -0.39 is 5.67 Å². The minimum atomic E-state index is -1.51. The topological polar surface area (TPSA) is 47.0 Å². The normalized spacial score (nSPS) is 24.1. The Balaban J connectivity index is 2.29. The molecule has 1 aromatic rings. The van der Waals surface area contributed by atoms with Crippen molar-refractivity contribution in [3.63, 3.8) is 0 Å². The molecule has 17 heavy (non-hydrogen) atoms. The van der Waals surface area contributed by atoms with Crippen molar-refractivity contribution in [3.8, 4) is 5.88 Å². The number of nitrogens with zero attached hydrogens (tertiary/aromatic N) is 2. The van der Waals surface area contributed by atoms with Gasteiger partial charge in [-0.3, -0.25) is 4.98 Å². The third kappa shape index (κ3) is 2.39. The number of aromatic nitrogens is 2. The molecule has 1 fully saturated rings. The number of halogens is 1. The van der Waals surface area contributed by atoms with Crippen LogP contribution in [0.2, 0.25) is 0 Å². The average Bonchev–Trinajstić information content (AvgIpc) is 2.39. The van der Waals surface area contributed by atoms with Crippen molar-refractivity contribution in [1.29, 1.82) is 0 Å². The first-order valence-electron chi connectivity index (χ1n) is 5.91. The van der Waals surface area contributed by atoms with Crippen LogP contribution >= 0.6 is 0 Å². The van der Waals surface area contributed by atoms with E-state index in [-0.39, 0.29) is 11.8 Å². The van der Waals surface area contributed by atoms with E-state index in [1.165, 1.54) is 19.5 Å². The maximum Gasteiger partial charge on any atom is 0.238 e. The fourth-order valence-electron chi connectivity index (χ4n) is 2.32. The molecule has 0 radical (unpaired) electrons. The molecule has 2 rings (SSSR count). The van der Waals surface area contributed by atoms with Gasteiger partial charge in [-0.15, -0.1) is 0 Å². The summed E-state index contributed by atoms with van der Waals surface area (Å²) in [6.07, 6.45) is 4.87.